The van der Waals surface area contributed by atoms with Crippen molar-refractivity contribution in [2.24, 2.45) is 0 Å². The molecule has 3 aromatic carbocycles. The number of para-hydroxylation sites is 2. The molecule has 0 aliphatic heterocycles. The molecule has 3 N–H and O–H groups in total. The van der Waals surface area contributed by atoms with E-state index >= 15 is 0 Å². The van der Waals surface area contributed by atoms with Crippen LogP contribution in [-0.2, 0) is 4.79 Å². The first kappa shape index (κ1) is 23.5. The van der Waals surface area contributed by atoms with Crippen LogP contribution in [0.25, 0.3) is 0 Å². The molecule has 0 bridgehead atoms. The first-order valence-electron chi connectivity index (χ1n) is 10.3. The van der Waals surface area contributed by atoms with E-state index in [9.17, 15) is 9.59 Å². The Balaban J connectivity index is 1.53. The van der Waals surface area contributed by atoms with Crippen molar-refractivity contribution < 1.29 is 14.3 Å². The minimum Gasteiger partial charge on any atom is -0.495 e. The molecule has 0 unspecified atom stereocenters. The molecule has 0 aliphatic rings. The molecule has 32 heavy (non-hydrogen) atoms. The number of amides is 2. The largest absolute Gasteiger partial charge is 0.495 e. The van der Waals surface area contributed by atoms with Gasteiger partial charge in [-0.15, -0.1) is 0 Å². The van der Waals surface area contributed by atoms with E-state index in [-0.39, 0.29) is 24.4 Å². The highest BCUT2D eigenvalue weighted by Gasteiger charge is 2.12. The van der Waals surface area contributed by atoms with Gasteiger partial charge >= 0.3 is 0 Å². The van der Waals surface area contributed by atoms with Crippen molar-refractivity contribution in [3.63, 3.8) is 0 Å². The van der Waals surface area contributed by atoms with Crippen LogP contribution in [-0.4, -0.2) is 25.5 Å². The summed E-state index contributed by atoms with van der Waals surface area (Å²) in [6.07, 6.45) is 0.866. The summed E-state index contributed by atoms with van der Waals surface area (Å²) in [6.45, 7) is 2.26. The second-order valence-electron chi connectivity index (χ2n) is 7.17. The zero-order valence-corrected chi connectivity index (χ0v) is 19.6. The zero-order chi connectivity index (χ0) is 22.9. The molecule has 1 atom stereocenters. The SMILES string of the molecule is CC[C@@H](NCC(=O)Nc1ccc(C(=O)Nc2ccccc2OC)cc1)c1ccc(Br)cc1. The Kier molecular flexibility index (Phi) is 8.41. The van der Waals surface area contributed by atoms with Crippen molar-refractivity contribution in [3.8, 4) is 5.75 Å². The fourth-order valence-electron chi connectivity index (χ4n) is 3.26. The number of benzene rings is 3. The Hall–Kier alpha value is -3.16. The second kappa shape index (κ2) is 11.5. The van der Waals surface area contributed by atoms with E-state index in [0.717, 1.165) is 16.5 Å². The predicted octanol–water partition coefficient (Wildman–Crippen LogP) is 5.39. The van der Waals surface area contributed by atoms with E-state index in [0.29, 0.717) is 22.7 Å². The molecule has 0 spiro atoms. The lowest BCUT2D eigenvalue weighted by Crippen LogP contribution is -2.31. The van der Waals surface area contributed by atoms with Gasteiger partial charge in [0.25, 0.3) is 5.91 Å². The molecule has 3 aromatic rings. The number of halogens is 1. The van der Waals surface area contributed by atoms with Crippen molar-refractivity contribution in [3.05, 3.63) is 88.4 Å². The lowest BCUT2D eigenvalue weighted by Gasteiger charge is -2.17. The molecule has 0 saturated heterocycles. The van der Waals surface area contributed by atoms with E-state index in [1.54, 1.807) is 43.5 Å². The number of rotatable bonds is 9. The van der Waals surface area contributed by atoms with Gasteiger partial charge in [-0.3, -0.25) is 9.59 Å². The molecular formula is C25H26BrN3O3. The molecular weight excluding hydrogens is 470 g/mol. The predicted molar refractivity (Wildman–Crippen MR) is 131 cm³/mol. The number of anilines is 2. The first-order valence-corrected chi connectivity index (χ1v) is 11.1. The minimum absolute atomic E-state index is 0.0925. The van der Waals surface area contributed by atoms with E-state index in [1.165, 1.54) is 0 Å². The van der Waals surface area contributed by atoms with E-state index in [1.807, 2.05) is 36.4 Å². The molecule has 0 heterocycles. The van der Waals surface area contributed by atoms with Crippen LogP contribution in [0, 0.1) is 0 Å². The third-order valence-corrected chi connectivity index (χ3v) is 5.50. The van der Waals surface area contributed by atoms with E-state index in [4.69, 9.17) is 4.74 Å². The summed E-state index contributed by atoms with van der Waals surface area (Å²) >= 11 is 3.44. The number of nitrogens with one attached hydrogen (secondary N) is 3. The summed E-state index contributed by atoms with van der Waals surface area (Å²) in [4.78, 5) is 24.9. The highest BCUT2D eigenvalue weighted by Crippen LogP contribution is 2.24. The van der Waals surface area contributed by atoms with E-state index in [2.05, 4.69) is 38.8 Å². The molecule has 0 aromatic heterocycles. The van der Waals surface area contributed by atoms with Crippen molar-refractivity contribution in [1.82, 2.24) is 5.32 Å². The number of hydrogen-bond donors (Lipinski definition) is 3. The summed E-state index contributed by atoms with van der Waals surface area (Å²) in [7, 11) is 1.55. The summed E-state index contributed by atoms with van der Waals surface area (Å²) in [5.41, 5.74) is 2.84. The summed E-state index contributed by atoms with van der Waals surface area (Å²) in [5.74, 6) is 0.187. The highest BCUT2D eigenvalue weighted by molar-refractivity contribution is 9.10. The van der Waals surface area contributed by atoms with Gasteiger partial charge in [-0.25, -0.2) is 0 Å². The smallest absolute Gasteiger partial charge is 0.255 e. The van der Waals surface area contributed by atoms with Crippen molar-refractivity contribution in [1.29, 1.82) is 0 Å². The Labute approximate surface area is 196 Å². The quantitative estimate of drug-likeness (QED) is 0.371. The van der Waals surface area contributed by atoms with Crippen molar-refractivity contribution in [2.75, 3.05) is 24.3 Å². The van der Waals surface area contributed by atoms with Gasteiger partial charge in [-0.1, -0.05) is 47.1 Å². The third-order valence-electron chi connectivity index (χ3n) is 4.98. The maximum Gasteiger partial charge on any atom is 0.255 e. The number of carbonyl (C=O) groups is 2. The number of methoxy groups -OCH3 is 1. The molecule has 0 saturated carbocycles. The van der Waals surface area contributed by atoms with Crippen LogP contribution in [0.1, 0.15) is 35.3 Å². The van der Waals surface area contributed by atoms with Crippen LogP contribution >= 0.6 is 15.9 Å². The lowest BCUT2D eigenvalue weighted by molar-refractivity contribution is -0.115. The molecule has 6 nitrogen and oxygen atoms in total. The third kappa shape index (κ3) is 6.42. The van der Waals surface area contributed by atoms with Gasteiger partial charge in [-0.05, 0) is 60.5 Å². The highest BCUT2D eigenvalue weighted by atomic mass is 79.9. The molecule has 0 radical (unpaired) electrons. The summed E-state index contributed by atoms with van der Waals surface area (Å²) in [5, 5.41) is 8.98. The maximum atomic E-state index is 12.5. The Morgan fingerprint density at radius 1 is 0.938 bits per heavy atom. The van der Waals surface area contributed by atoms with Crippen LogP contribution in [0.2, 0.25) is 0 Å². The Morgan fingerprint density at radius 2 is 1.62 bits per heavy atom. The van der Waals surface area contributed by atoms with Gasteiger partial charge in [0.2, 0.25) is 5.91 Å². The molecule has 166 valence electrons. The average molecular weight is 496 g/mol. The van der Waals surface area contributed by atoms with Crippen LogP contribution in [0.5, 0.6) is 5.75 Å². The van der Waals surface area contributed by atoms with Gasteiger partial charge in [0.1, 0.15) is 5.75 Å². The second-order valence-corrected chi connectivity index (χ2v) is 8.09. The average Bonchev–Trinajstić information content (AvgIpc) is 2.81. The van der Waals surface area contributed by atoms with E-state index < -0.39 is 0 Å². The molecule has 3 rings (SSSR count). The van der Waals surface area contributed by atoms with Gasteiger partial charge in [0.15, 0.2) is 0 Å². The topological polar surface area (TPSA) is 79.5 Å². The van der Waals surface area contributed by atoms with Gasteiger partial charge in [0, 0.05) is 21.8 Å². The molecule has 0 aliphatic carbocycles. The Morgan fingerprint density at radius 3 is 2.28 bits per heavy atom. The summed E-state index contributed by atoms with van der Waals surface area (Å²) in [6, 6.07) is 22.1. The Bertz CT molecular complexity index is 1050. The monoisotopic (exact) mass is 495 g/mol. The first-order chi connectivity index (χ1) is 15.5. The standard InChI is InChI=1S/C25H26BrN3O3/c1-3-21(17-8-12-19(26)13-9-17)27-16-24(30)28-20-14-10-18(11-15-20)25(31)29-22-6-4-5-7-23(22)32-2/h4-15,21,27H,3,16H2,1-2H3,(H,28,30)(H,29,31)/t21-/m1/s1. The minimum atomic E-state index is -0.255. The zero-order valence-electron chi connectivity index (χ0n) is 18.0. The fourth-order valence-corrected chi connectivity index (χ4v) is 3.53. The van der Waals surface area contributed by atoms with Crippen molar-refractivity contribution in [2.45, 2.75) is 19.4 Å². The number of carbonyl (C=O) groups excluding carboxylic acids is 2. The van der Waals surface area contributed by atoms with Crippen LogP contribution in [0.3, 0.4) is 0 Å². The van der Waals surface area contributed by atoms with Gasteiger partial charge in [-0.2, -0.15) is 0 Å². The molecule has 2 amide bonds. The molecule has 7 heteroatoms. The summed E-state index contributed by atoms with van der Waals surface area (Å²) < 4.78 is 6.28. The number of hydrogen-bond acceptors (Lipinski definition) is 4. The van der Waals surface area contributed by atoms with Crippen molar-refractivity contribution >= 4 is 39.1 Å². The maximum absolute atomic E-state index is 12.5. The van der Waals surface area contributed by atoms with Crippen LogP contribution in [0.15, 0.2) is 77.3 Å². The molecule has 0 fully saturated rings. The number of ether oxygens (including phenoxy) is 1. The van der Waals surface area contributed by atoms with Gasteiger partial charge < -0.3 is 20.7 Å². The lowest BCUT2D eigenvalue weighted by atomic mass is 10.0. The normalized spacial score (nSPS) is 11.5. The van der Waals surface area contributed by atoms with Gasteiger partial charge in [0.05, 0.1) is 19.3 Å². The van der Waals surface area contributed by atoms with Crippen LogP contribution < -0.4 is 20.7 Å². The van der Waals surface area contributed by atoms with Crippen LogP contribution in [0.4, 0.5) is 11.4 Å². The fraction of sp³-hybridized carbons (Fsp3) is 0.200.